The second-order valence-electron chi connectivity index (χ2n) is 11.1. The number of hydrogen-bond donors (Lipinski definition) is 2. The quantitative estimate of drug-likeness (QED) is 0.122. The van der Waals surface area contributed by atoms with Gasteiger partial charge < -0.3 is 20.1 Å². The van der Waals surface area contributed by atoms with E-state index in [1.165, 1.54) is 29.8 Å². The molecule has 9 heteroatoms. The van der Waals surface area contributed by atoms with Gasteiger partial charge in [0.25, 0.3) is 11.8 Å². The Kier molecular flexibility index (Phi) is 9.73. The first-order chi connectivity index (χ1) is 22.9. The molecule has 6 rings (SSSR count). The van der Waals surface area contributed by atoms with Crippen LogP contribution in [0.4, 0.5) is 5.69 Å². The Morgan fingerprint density at radius 1 is 0.830 bits per heavy atom. The number of anilines is 1. The highest BCUT2D eigenvalue weighted by atomic mass is 32.2. The summed E-state index contributed by atoms with van der Waals surface area (Å²) in [6.07, 6.45) is 5.71. The maximum atomic E-state index is 13.6. The lowest BCUT2D eigenvalue weighted by Gasteiger charge is -2.15. The van der Waals surface area contributed by atoms with Crippen molar-refractivity contribution in [3.8, 4) is 11.5 Å². The first kappa shape index (κ1) is 31.7. The molecular formula is C38H35N3O5S. The van der Waals surface area contributed by atoms with Gasteiger partial charge in [0.05, 0.1) is 25.5 Å². The van der Waals surface area contributed by atoms with Gasteiger partial charge >= 0.3 is 0 Å². The van der Waals surface area contributed by atoms with Gasteiger partial charge in [-0.15, -0.1) is 11.8 Å². The molecular weight excluding hydrogens is 611 g/mol. The smallest absolute Gasteiger partial charge is 0.272 e. The lowest BCUT2D eigenvalue weighted by atomic mass is 9.96. The summed E-state index contributed by atoms with van der Waals surface area (Å²) in [4.78, 5) is 41.2. The third kappa shape index (κ3) is 7.10. The van der Waals surface area contributed by atoms with Gasteiger partial charge in [0.2, 0.25) is 5.91 Å². The molecule has 8 nitrogen and oxygen atoms in total. The number of carbonyl (C=O) groups excluding carboxylic acids is 3. The number of aryl methyl sites for hydroxylation is 1. The van der Waals surface area contributed by atoms with Crippen molar-refractivity contribution in [2.24, 2.45) is 0 Å². The van der Waals surface area contributed by atoms with Crippen LogP contribution < -0.4 is 20.1 Å². The number of carbonyl (C=O) groups is 3. The Morgan fingerprint density at radius 2 is 1.60 bits per heavy atom. The van der Waals surface area contributed by atoms with E-state index in [-0.39, 0.29) is 17.4 Å². The minimum atomic E-state index is -0.507. The van der Waals surface area contributed by atoms with Gasteiger partial charge in [0, 0.05) is 27.2 Å². The third-order valence-electron chi connectivity index (χ3n) is 8.13. The van der Waals surface area contributed by atoms with Crippen molar-refractivity contribution in [1.29, 1.82) is 0 Å². The summed E-state index contributed by atoms with van der Waals surface area (Å²) in [5.41, 5.74) is 5.02. The van der Waals surface area contributed by atoms with E-state index in [0.717, 1.165) is 41.8 Å². The zero-order chi connectivity index (χ0) is 32.8. The second kappa shape index (κ2) is 14.4. The fourth-order valence-corrected chi connectivity index (χ4v) is 6.71. The van der Waals surface area contributed by atoms with Crippen LogP contribution in [-0.4, -0.2) is 42.3 Å². The number of fused-ring (bicyclic) bond motifs is 3. The number of rotatable bonds is 10. The van der Waals surface area contributed by atoms with Crippen LogP contribution in [0.3, 0.4) is 0 Å². The number of nitrogens with zero attached hydrogens (tertiary/aromatic N) is 1. The Morgan fingerprint density at radius 3 is 2.40 bits per heavy atom. The van der Waals surface area contributed by atoms with Crippen LogP contribution in [0.5, 0.6) is 11.5 Å². The van der Waals surface area contributed by atoms with Gasteiger partial charge in [-0.2, -0.15) is 0 Å². The number of thioether (sulfide) groups is 1. The fourth-order valence-electron chi connectivity index (χ4n) is 5.90. The zero-order valence-electron chi connectivity index (χ0n) is 26.2. The molecule has 2 amide bonds. The van der Waals surface area contributed by atoms with Crippen molar-refractivity contribution in [3.63, 3.8) is 0 Å². The molecule has 0 aliphatic heterocycles. The standard InChI is InChI=1S/C38H35N3O5S/c1-45-34-20-19-25(22-35(34)46-2)21-31(40-37(43)26-11-4-3-5-12-26)38(44)39-27-13-10-14-28(23-27)47-24-36(42)41-32-17-8-6-15-29(32)30-16-7-9-18-33(30)41/h3-6,8,10-15,17,19-23H,7,9,16,18,24H2,1-2H3,(H,39,44)(H,40,43)/b31-21-. The number of aromatic nitrogens is 1. The zero-order valence-corrected chi connectivity index (χ0v) is 27.1. The second-order valence-corrected chi connectivity index (χ2v) is 12.2. The predicted octanol–water partition coefficient (Wildman–Crippen LogP) is 7.38. The molecule has 1 heterocycles. The highest BCUT2D eigenvalue weighted by molar-refractivity contribution is 8.00. The van der Waals surface area contributed by atoms with Crippen molar-refractivity contribution in [2.45, 2.75) is 30.6 Å². The van der Waals surface area contributed by atoms with Crippen LogP contribution in [0.25, 0.3) is 17.0 Å². The average molecular weight is 646 g/mol. The Balaban J connectivity index is 1.20. The number of methoxy groups -OCH3 is 2. The van der Waals surface area contributed by atoms with Crippen molar-refractivity contribution >= 4 is 52.1 Å². The van der Waals surface area contributed by atoms with E-state index in [0.29, 0.717) is 28.3 Å². The molecule has 0 spiro atoms. The van der Waals surface area contributed by atoms with Gasteiger partial charge in [-0.25, -0.2) is 0 Å². The van der Waals surface area contributed by atoms with Crippen LogP contribution in [0, 0.1) is 0 Å². The predicted molar refractivity (Wildman–Crippen MR) is 186 cm³/mol. The fraction of sp³-hybridized carbons (Fsp3) is 0.184. The summed E-state index contributed by atoms with van der Waals surface area (Å²) < 4.78 is 12.7. The van der Waals surface area contributed by atoms with Gasteiger partial charge in [0.15, 0.2) is 11.5 Å². The summed E-state index contributed by atoms with van der Waals surface area (Å²) in [5, 5.41) is 6.84. The van der Waals surface area contributed by atoms with E-state index in [9.17, 15) is 14.4 Å². The Hall–Kier alpha value is -5.28. The monoisotopic (exact) mass is 645 g/mol. The van der Waals surface area contributed by atoms with Gasteiger partial charge in [-0.1, -0.05) is 48.5 Å². The molecule has 1 aromatic heterocycles. The lowest BCUT2D eigenvalue weighted by molar-refractivity contribution is -0.113. The molecule has 0 bridgehead atoms. The largest absolute Gasteiger partial charge is 0.493 e. The van der Waals surface area contributed by atoms with Crippen LogP contribution >= 0.6 is 11.8 Å². The Bertz CT molecular complexity index is 1980. The van der Waals surface area contributed by atoms with E-state index >= 15 is 0 Å². The van der Waals surface area contributed by atoms with E-state index in [1.807, 2.05) is 47.0 Å². The number of para-hydroxylation sites is 1. The molecule has 238 valence electrons. The number of benzene rings is 4. The molecule has 0 fully saturated rings. The van der Waals surface area contributed by atoms with E-state index in [2.05, 4.69) is 16.7 Å². The molecule has 0 saturated carbocycles. The first-order valence-corrected chi connectivity index (χ1v) is 16.4. The van der Waals surface area contributed by atoms with Crippen LogP contribution in [0.1, 0.15) is 44.8 Å². The normalized spacial score (nSPS) is 12.7. The van der Waals surface area contributed by atoms with Crippen molar-refractivity contribution in [3.05, 3.63) is 125 Å². The first-order valence-electron chi connectivity index (χ1n) is 15.4. The maximum absolute atomic E-state index is 13.6. The summed E-state index contributed by atoms with van der Waals surface area (Å²) in [6, 6.07) is 29.4. The van der Waals surface area contributed by atoms with Crippen molar-refractivity contribution in [2.75, 3.05) is 25.3 Å². The van der Waals surface area contributed by atoms with Gasteiger partial charge in [-0.3, -0.25) is 19.0 Å². The molecule has 2 N–H and O–H groups in total. The highest BCUT2D eigenvalue weighted by Gasteiger charge is 2.23. The van der Waals surface area contributed by atoms with Crippen molar-refractivity contribution in [1.82, 2.24) is 9.88 Å². The summed E-state index contributed by atoms with van der Waals surface area (Å²) in [6.45, 7) is 0. The third-order valence-corrected chi connectivity index (χ3v) is 9.11. The molecule has 0 unspecified atom stereocenters. The molecule has 0 radical (unpaired) electrons. The summed E-state index contributed by atoms with van der Waals surface area (Å²) in [5.74, 6) is 0.389. The summed E-state index contributed by atoms with van der Waals surface area (Å²) >= 11 is 1.42. The van der Waals surface area contributed by atoms with Gasteiger partial charge in [-0.05, 0) is 91.4 Å². The van der Waals surface area contributed by atoms with E-state index < -0.39 is 11.8 Å². The molecule has 0 atom stereocenters. The summed E-state index contributed by atoms with van der Waals surface area (Å²) in [7, 11) is 3.08. The number of ether oxygens (including phenoxy) is 2. The molecule has 1 aliphatic carbocycles. The minimum Gasteiger partial charge on any atom is -0.493 e. The van der Waals surface area contributed by atoms with Crippen molar-refractivity contribution < 1.29 is 23.9 Å². The molecule has 1 aliphatic rings. The highest BCUT2D eigenvalue weighted by Crippen LogP contribution is 2.33. The minimum absolute atomic E-state index is 0.0348. The number of hydrogen-bond acceptors (Lipinski definition) is 6. The maximum Gasteiger partial charge on any atom is 0.272 e. The molecule has 0 saturated heterocycles. The van der Waals surface area contributed by atoms with Crippen LogP contribution in [-0.2, 0) is 17.6 Å². The number of amides is 2. The molecule has 4 aromatic carbocycles. The van der Waals surface area contributed by atoms with E-state index in [1.54, 1.807) is 61.7 Å². The topological polar surface area (TPSA) is 98.7 Å². The van der Waals surface area contributed by atoms with E-state index in [4.69, 9.17) is 9.47 Å². The van der Waals surface area contributed by atoms with Crippen LogP contribution in [0.15, 0.2) is 108 Å². The van der Waals surface area contributed by atoms with Gasteiger partial charge in [0.1, 0.15) is 5.70 Å². The van der Waals surface area contributed by atoms with Crippen LogP contribution in [0.2, 0.25) is 0 Å². The molecule has 5 aromatic rings. The Labute approximate surface area is 277 Å². The number of nitrogens with one attached hydrogen (secondary N) is 2. The SMILES string of the molecule is COc1ccc(/C=C(\NC(=O)c2ccccc2)C(=O)Nc2cccc(SCC(=O)n3c4c(c5ccccc53)CCCC4)c2)cc1OC. The lowest BCUT2D eigenvalue weighted by Crippen LogP contribution is -2.30. The molecule has 47 heavy (non-hydrogen) atoms. The average Bonchev–Trinajstić information content (AvgIpc) is 3.45.